The minimum atomic E-state index is -4.53. The van der Waals surface area contributed by atoms with Crippen molar-refractivity contribution in [1.29, 1.82) is 0 Å². The van der Waals surface area contributed by atoms with Gasteiger partial charge in [-0.25, -0.2) is 9.37 Å². The van der Waals surface area contributed by atoms with E-state index in [-0.39, 0.29) is 5.69 Å². The van der Waals surface area contributed by atoms with Crippen LogP contribution in [0.4, 0.5) is 17.6 Å². The lowest BCUT2D eigenvalue weighted by Crippen LogP contribution is -2.13. The highest BCUT2D eigenvalue weighted by Gasteiger charge is 2.36. The number of alkyl halides is 3. The molecule has 84 valence electrons. The van der Waals surface area contributed by atoms with Gasteiger partial charge in [0.1, 0.15) is 5.82 Å². The molecule has 0 aliphatic heterocycles. The Bertz CT molecular complexity index is 484. The number of nitrogens with zero attached hydrogens (tertiary/aromatic N) is 2. The lowest BCUT2D eigenvalue weighted by Gasteiger charge is -2.09. The van der Waals surface area contributed by atoms with Crippen molar-refractivity contribution in [2.75, 3.05) is 0 Å². The van der Waals surface area contributed by atoms with Gasteiger partial charge in [0.25, 0.3) is 0 Å². The van der Waals surface area contributed by atoms with Crippen LogP contribution < -0.4 is 0 Å². The molecule has 0 bridgehead atoms. The predicted molar refractivity (Wildman–Crippen MR) is 48.5 cm³/mol. The summed E-state index contributed by atoms with van der Waals surface area (Å²) in [5.74, 6) is -1.53. The van der Waals surface area contributed by atoms with Crippen molar-refractivity contribution in [3.63, 3.8) is 0 Å². The van der Waals surface area contributed by atoms with E-state index in [0.717, 1.165) is 22.9 Å². The zero-order valence-electron chi connectivity index (χ0n) is 7.87. The van der Waals surface area contributed by atoms with Crippen molar-refractivity contribution < 1.29 is 17.6 Å². The molecular formula is C10H6F4N2. The molecule has 16 heavy (non-hydrogen) atoms. The van der Waals surface area contributed by atoms with Crippen molar-refractivity contribution in [3.05, 3.63) is 48.3 Å². The minimum Gasteiger partial charge on any atom is -0.296 e. The number of imidazole rings is 1. The Morgan fingerprint density at radius 1 is 1.06 bits per heavy atom. The van der Waals surface area contributed by atoms with Crippen LogP contribution >= 0.6 is 0 Å². The summed E-state index contributed by atoms with van der Waals surface area (Å²) in [6.07, 6.45) is -2.31. The van der Waals surface area contributed by atoms with Gasteiger partial charge in [0.2, 0.25) is 5.82 Å². The second-order valence-electron chi connectivity index (χ2n) is 3.10. The van der Waals surface area contributed by atoms with Gasteiger partial charge >= 0.3 is 6.18 Å². The summed E-state index contributed by atoms with van der Waals surface area (Å²) < 4.78 is 50.9. The third-order valence-electron chi connectivity index (χ3n) is 2.00. The molecule has 2 rings (SSSR count). The first-order valence-electron chi connectivity index (χ1n) is 4.35. The maximum atomic E-state index is 12.6. The average Bonchev–Trinajstić information content (AvgIpc) is 2.66. The molecule has 0 N–H and O–H groups in total. The van der Waals surface area contributed by atoms with Crippen LogP contribution in [0.5, 0.6) is 0 Å². The molecule has 0 atom stereocenters. The van der Waals surface area contributed by atoms with Crippen LogP contribution in [-0.2, 0) is 6.18 Å². The summed E-state index contributed by atoms with van der Waals surface area (Å²) in [5.41, 5.74) is 0.214. The fraction of sp³-hybridized carbons (Fsp3) is 0.100. The highest BCUT2D eigenvalue weighted by Crippen LogP contribution is 2.29. The van der Waals surface area contributed by atoms with E-state index < -0.39 is 17.8 Å². The smallest absolute Gasteiger partial charge is 0.296 e. The van der Waals surface area contributed by atoms with Gasteiger partial charge in [-0.3, -0.25) is 4.57 Å². The Morgan fingerprint density at radius 2 is 1.69 bits per heavy atom. The van der Waals surface area contributed by atoms with Gasteiger partial charge < -0.3 is 0 Å². The van der Waals surface area contributed by atoms with Gasteiger partial charge in [-0.2, -0.15) is 13.2 Å². The van der Waals surface area contributed by atoms with Gasteiger partial charge in [0, 0.05) is 18.1 Å². The third-order valence-corrected chi connectivity index (χ3v) is 2.00. The van der Waals surface area contributed by atoms with Crippen molar-refractivity contribution in [2.45, 2.75) is 6.18 Å². The van der Waals surface area contributed by atoms with Crippen LogP contribution in [0.25, 0.3) is 5.69 Å². The molecule has 6 heteroatoms. The van der Waals surface area contributed by atoms with Gasteiger partial charge in [-0.15, -0.1) is 0 Å². The molecule has 1 aromatic heterocycles. The second-order valence-corrected chi connectivity index (χ2v) is 3.10. The summed E-state index contributed by atoms with van der Waals surface area (Å²) in [5, 5.41) is 0. The molecule has 0 saturated carbocycles. The van der Waals surface area contributed by atoms with Crippen molar-refractivity contribution >= 4 is 0 Å². The Balaban J connectivity index is 2.49. The highest BCUT2D eigenvalue weighted by atomic mass is 19.4. The third kappa shape index (κ3) is 1.91. The van der Waals surface area contributed by atoms with E-state index >= 15 is 0 Å². The van der Waals surface area contributed by atoms with E-state index in [4.69, 9.17) is 0 Å². The molecule has 0 aliphatic carbocycles. The normalized spacial score (nSPS) is 11.8. The summed E-state index contributed by atoms with van der Waals surface area (Å²) in [7, 11) is 0. The van der Waals surface area contributed by atoms with Gasteiger partial charge in [-0.1, -0.05) is 0 Å². The first-order valence-corrected chi connectivity index (χ1v) is 4.35. The fourth-order valence-corrected chi connectivity index (χ4v) is 1.32. The van der Waals surface area contributed by atoms with E-state index in [1.54, 1.807) is 0 Å². The number of halogens is 4. The molecule has 0 amide bonds. The van der Waals surface area contributed by atoms with E-state index in [1.807, 2.05) is 0 Å². The monoisotopic (exact) mass is 230 g/mol. The van der Waals surface area contributed by atoms with Crippen molar-refractivity contribution in [3.8, 4) is 5.69 Å². The zero-order chi connectivity index (χ0) is 11.8. The van der Waals surface area contributed by atoms with Crippen LogP contribution in [-0.4, -0.2) is 9.55 Å². The number of hydrogen-bond acceptors (Lipinski definition) is 1. The maximum absolute atomic E-state index is 12.6. The molecule has 0 spiro atoms. The standard InChI is InChI=1S/C10H6F4N2/c11-7-1-3-8(4-2-7)16-6-5-15-9(16)10(12,13)14/h1-6H. The minimum absolute atomic E-state index is 0.214. The fourth-order valence-electron chi connectivity index (χ4n) is 1.32. The number of hydrogen-bond donors (Lipinski definition) is 0. The molecule has 2 nitrogen and oxygen atoms in total. The molecule has 2 aromatic rings. The van der Waals surface area contributed by atoms with E-state index in [9.17, 15) is 17.6 Å². The summed E-state index contributed by atoms with van der Waals surface area (Å²) in [4.78, 5) is 3.23. The van der Waals surface area contributed by atoms with Crippen LogP contribution in [0.3, 0.4) is 0 Å². The quantitative estimate of drug-likeness (QED) is 0.688. The van der Waals surface area contributed by atoms with Gasteiger partial charge in [0.15, 0.2) is 0 Å². The molecule has 0 radical (unpaired) electrons. The Morgan fingerprint density at radius 3 is 2.25 bits per heavy atom. The van der Waals surface area contributed by atoms with Gasteiger partial charge in [0.05, 0.1) is 0 Å². The number of aromatic nitrogens is 2. The SMILES string of the molecule is Fc1ccc(-n2ccnc2C(F)(F)F)cc1. The largest absolute Gasteiger partial charge is 0.450 e. The maximum Gasteiger partial charge on any atom is 0.450 e. The predicted octanol–water partition coefficient (Wildman–Crippen LogP) is 3.03. The van der Waals surface area contributed by atoms with E-state index in [1.165, 1.54) is 18.3 Å². The zero-order valence-corrected chi connectivity index (χ0v) is 7.87. The second kappa shape index (κ2) is 3.62. The molecule has 1 heterocycles. The summed E-state index contributed by atoms with van der Waals surface area (Å²) in [6, 6.07) is 4.70. The van der Waals surface area contributed by atoms with Crippen LogP contribution in [0, 0.1) is 5.82 Å². The molecule has 0 aliphatic rings. The van der Waals surface area contributed by atoms with E-state index in [0.29, 0.717) is 0 Å². The highest BCUT2D eigenvalue weighted by molar-refractivity contribution is 5.33. The molecule has 0 unspecified atom stereocenters. The molecule has 0 fully saturated rings. The van der Waals surface area contributed by atoms with Gasteiger partial charge in [-0.05, 0) is 24.3 Å². The Hall–Kier alpha value is -1.85. The first-order chi connectivity index (χ1) is 7.48. The molecule has 0 saturated heterocycles. The van der Waals surface area contributed by atoms with Crippen LogP contribution in [0.1, 0.15) is 5.82 Å². The molecular weight excluding hydrogens is 224 g/mol. The topological polar surface area (TPSA) is 17.8 Å². The van der Waals surface area contributed by atoms with Crippen molar-refractivity contribution in [2.24, 2.45) is 0 Å². The van der Waals surface area contributed by atoms with Crippen LogP contribution in [0.2, 0.25) is 0 Å². The Labute approximate surface area is 88.2 Å². The lowest BCUT2D eigenvalue weighted by molar-refractivity contribution is -0.145. The first kappa shape index (κ1) is 10.7. The van der Waals surface area contributed by atoms with Crippen molar-refractivity contribution in [1.82, 2.24) is 9.55 Å². The number of benzene rings is 1. The van der Waals surface area contributed by atoms with E-state index in [2.05, 4.69) is 4.98 Å². The van der Waals surface area contributed by atoms with Crippen LogP contribution in [0.15, 0.2) is 36.7 Å². The lowest BCUT2D eigenvalue weighted by atomic mass is 10.3. The molecule has 1 aromatic carbocycles. The summed E-state index contributed by atoms with van der Waals surface area (Å²) >= 11 is 0. The number of rotatable bonds is 1. The summed E-state index contributed by atoms with van der Waals surface area (Å²) in [6.45, 7) is 0. The Kier molecular flexibility index (Phi) is 2.41. The average molecular weight is 230 g/mol.